The summed E-state index contributed by atoms with van der Waals surface area (Å²) < 4.78 is 39.9. The Morgan fingerprint density at radius 3 is 2.30 bits per heavy atom. The van der Waals surface area contributed by atoms with Gasteiger partial charge in [0.05, 0.1) is 6.42 Å². The topological polar surface area (TPSA) is 63.3 Å². The molecule has 2 aromatic rings. The van der Waals surface area contributed by atoms with Crippen LogP contribution in [-0.2, 0) is 4.79 Å². The van der Waals surface area contributed by atoms with Crippen molar-refractivity contribution in [3.63, 3.8) is 0 Å². The van der Waals surface area contributed by atoms with Crippen LogP contribution in [0.4, 0.5) is 13.2 Å². The maximum atomic E-state index is 13.4. The predicted molar refractivity (Wildman–Crippen MR) is 80.8 cm³/mol. The lowest BCUT2D eigenvalue weighted by molar-refractivity contribution is -0.137. The van der Waals surface area contributed by atoms with Crippen molar-refractivity contribution in [1.82, 2.24) is 0 Å². The molecule has 0 saturated carbocycles. The second-order valence-corrected chi connectivity index (χ2v) is 5.43. The minimum atomic E-state index is -1.56. The number of hydrogen-bond acceptors (Lipinski definition) is 2. The maximum absolute atomic E-state index is 13.4. The van der Waals surface area contributed by atoms with E-state index in [1.54, 1.807) is 6.07 Å². The second kappa shape index (κ2) is 7.02. The summed E-state index contributed by atoms with van der Waals surface area (Å²) in [5, 5.41) is 9.10. The van der Waals surface area contributed by atoms with Gasteiger partial charge in [0.2, 0.25) is 0 Å². The van der Waals surface area contributed by atoms with Crippen LogP contribution in [0.25, 0.3) is 11.1 Å². The van der Waals surface area contributed by atoms with Crippen LogP contribution in [0, 0.1) is 17.5 Å². The smallest absolute Gasteiger partial charge is 0.304 e. The van der Waals surface area contributed by atoms with Gasteiger partial charge in [0, 0.05) is 16.5 Å². The molecule has 3 nitrogen and oxygen atoms in total. The van der Waals surface area contributed by atoms with Crippen molar-refractivity contribution < 1.29 is 23.1 Å². The van der Waals surface area contributed by atoms with E-state index in [4.69, 9.17) is 22.4 Å². The van der Waals surface area contributed by atoms with Crippen LogP contribution in [0.5, 0.6) is 0 Å². The van der Waals surface area contributed by atoms with Crippen molar-refractivity contribution in [1.29, 1.82) is 0 Å². The zero-order valence-electron chi connectivity index (χ0n) is 11.8. The molecule has 0 amide bonds. The van der Waals surface area contributed by atoms with Gasteiger partial charge in [-0.15, -0.1) is 0 Å². The summed E-state index contributed by atoms with van der Waals surface area (Å²) in [7, 11) is 0. The molecule has 7 heteroatoms. The third-order valence-corrected chi connectivity index (χ3v) is 3.79. The van der Waals surface area contributed by atoms with Crippen LogP contribution < -0.4 is 5.73 Å². The van der Waals surface area contributed by atoms with Gasteiger partial charge in [-0.2, -0.15) is 0 Å². The molecule has 2 aromatic carbocycles. The number of rotatable bonds is 5. The highest BCUT2D eigenvalue weighted by molar-refractivity contribution is 6.33. The van der Waals surface area contributed by atoms with Crippen molar-refractivity contribution in [3.05, 3.63) is 58.4 Å². The van der Waals surface area contributed by atoms with E-state index >= 15 is 0 Å². The monoisotopic (exact) mass is 343 g/mol. The number of halogens is 4. The van der Waals surface area contributed by atoms with Crippen LogP contribution in [0.3, 0.4) is 0 Å². The van der Waals surface area contributed by atoms with Crippen LogP contribution in [0.2, 0.25) is 5.02 Å². The van der Waals surface area contributed by atoms with Crippen molar-refractivity contribution in [3.8, 4) is 11.1 Å². The summed E-state index contributed by atoms with van der Waals surface area (Å²) in [5.41, 5.74) is 6.48. The van der Waals surface area contributed by atoms with E-state index in [9.17, 15) is 18.0 Å². The number of nitrogens with two attached hydrogens (primary N) is 1. The van der Waals surface area contributed by atoms with E-state index in [0.717, 1.165) is 12.1 Å². The minimum Gasteiger partial charge on any atom is -0.481 e. The highest BCUT2D eigenvalue weighted by atomic mass is 35.5. The Bertz CT molecular complexity index is 729. The zero-order chi connectivity index (χ0) is 17.1. The van der Waals surface area contributed by atoms with E-state index in [-0.39, 0.29) is 29.1 Å². The van der Waals surface area contributed by atoms with Gasteiger partial charge < -0.3 is 10.8 Å². The predicted octanol–water partition coefficient (Wildman–Crippen LogP) is 3.94. The number of benzene rings is 2. The molecule has 0 radical (unpaired) electrons. The quantitative estimate of drug-likeness (QED) is 0.808. The summed E-state index contributed by atoms with van der Waals surface area (Å²) in [6.07, 6.45) is -0.191. The number of carbonyl (C=O) groups is 1. The van der Waals surface area contributed by atoms with Gasteiger partial charge in [-0.25, -0.2) is 13.2 Å². The first-order valence-electron chi connectivity index (χ1n) is 6.69. The number of hydrogen-bond donors (Lipinski definition) is 2. The van der Waals surface area contributed by atoms with Crippen molar-refractivity contribution in [2.24, 2.45) is 5.73 Å². The molecule has 0 bridgehead atoms. The van der Waals surface area contributed by atoms with Crippen molar-refractivity contribution >= 4 is 17.6 Å². The summed E-state index contributed by atoms with van der Waals surface area (Å²) in [6, 6.07) is 6.25. The SMILES string of the molecule is NC[C@H](CC(=O)O)c1ccc(Cl)c(-c2cc(F)c(F)c(F)c2)c1. The fraction of sp³-hybridized carbons (Fsp3) is 0.188. The number of carboxylic acids is 1. The van der Waals surface area contributed by atoms with Crippen LogP contribution in [0.1, 0.15) is 17.9 Å². The maximum Gasteiger partial charge on any atom is 0.304 e. The number of carboxylic acid groups (broad SMARTS) is 1. The number of aliphatic carboxylic acids is 1. The van der Waals surface area contributed by atoms with Crippen LogP contribution >= 0.6 is 11.6 Å². The fourth-order valence-corrected chi connectivity index (χ4v) is 2.50. The molecule has 2 rings (SSSR count). The van der Waals surface area contributed by atoms with Gasteiger partial charge in [-0.3, -0.25) is 4.79 Å². The van der Waals surface area contributed by atoms with Gasteiger partial charge in [-0.05, 0) is 41.9 Å². The summed E-state index contributed by atoms with van der Waals surface area (Å²) in [4.78, 5) is 10.9. The average Bonchev–Trinajstić information content (AvgIpc) is 2.50. The molecule has 0 unspecified atom stereocenters. The molecule has 0 aromatic heterocycles. The van der Waals surface area contributed by atoms with E-state index in [0.29, 0.717) is 5.56 Å². The van der Waals surface area contributed by atoms with E-state index in [1.165, 1.54) is 12.1 Å². The standard InChI is InChI=1S/C16H13ClF3NO2/c17-12-2-1-8(10(7-21)6-15(22)23)3-11(12)9-4-13(18)16(20)14(19)5-9/h1-5,10H,6-7,21H2,(H,22,23)/t10-/m0/s1. The van der Waals surface area contributed by atoms with E-state index in [1.807, 2.05) is 0 Å². The molecule has 0 aliphatic rings. The zero-order valence-corrected chi connectivity index (χ0v) is 12.6. The third-order valence-electron chi connectivity index (χ3n) is 3.46. The molecule has 0 fully saturated rings. The first kappa shape index (κ1) is 17.3. The van der Waals surface area contributed by atoms with Crippen LogP contribution in [-0.4, -0.2) is 17.6 Å². The minimum absolute atomic E-state index is 0.0550. The van der Waals surface area contributed by atoms with Gasteiger partial charge in [0.15, 0.2) is 17.5 Å². The first-order valence-corrected chi connectivity index (χ1v) is 7.07. The summed E-state index contributed by atoms with van der Waals surface area (Å²) >= 11 is 6.04. The Balaban J connectivity index is 2.51. The molecule has 23 heavy (non-hydrogen) atoms. The molecule has 0 aliphatic heterocycles. The van der Waals surface area contributed by atoms with Crippen molar-refractivity contribution in [2.45, 2.75) is 12.3 Å². The van der Waals surface area contributed by atoms with Gasteiger partial charge in [0.25, 0.3) is 0 Å². The summed E-state index contributed by atoms with van der Waals surface area (Å²) in [6.45, 7) is 0.0828. The van der Waals surface area contributed by atoms with Gasteiger partial charge in [0.1, 0.15) is 0 Å². The van der Waals surface area contributed by atoms with E-state index < -0.39 is 29.3 Å². The largest absolute Gasteiger partial charge is 0.481 e. The van der Waals surface area contributed by atoms with Crippen molar-refractivity contribution in [2.75, 3.05) is 6.54 Å². The average molecular weight is 344 g/mol. The second-order valence-electron chi connectivity index (χ2n) is 5.02. The molecule has 3 N–H and O–H groups in total. The molecule has 0 heterocycles. The van der Waals surface area contributed by atoms with E-state index in [2.05, 4.69) is 0 Å². The Hall–Kier alpha value is -2.05. The molecule has 0 spiro atoms. The Kier molecular flexibility index (Phi) is 5.28. The lowest BCUT2D eigenvalue weighted by Gasteiger charge is -2.15. The van der Waals surface area contributed by atoms with Gasteiger partial charge in [-0.1, -0.05) is 17.7 Å². The van der Waals surface area contributed by atoms with Gasteiger partial charge >= 0.3 is 5.97 Å². The Morgan fingerprint density at radius 2 is 1.78 bits per heavy atom. The molecular weight excluding hydrogens is 331 g/mol. The lowest BCUT2D eigenvalue weighted by atomic mass is 9.92. The molecule has 0 saturated heterocycles. The Morgan fingerprint density at radius 1 is 1.17 bits per heavy atom. The molecule has 0 aliphatic carbocycles. The molecule has 1 atom stereocenters. The highest BCUT2D eigenvalue weighted by Crippen LogP contribution is 2.33. The lowest BCUT2D eigenvalue weighted by Crippen LogP contribution is -2.16. The fourth-order valence-electron chi connectivity index (χ4n) is 2.28. The third kappa shape index (κ3) is 3.83. The van der Waals surface area contributed by atoms with Crippen LogP contribution in [0.15, 0.2) is 30.3 Å². The molecular formula is C16H13ClF3NO2. The highest BCUT2D eigenvalue weighted by Gasteiger charge is 2.18. The first-order chi connectivity index (χ1) is 10.8. The summed E-state index contributed by atoms with van der Waals surface area (Å²) in [5.74, 6) is -5.72. The Labute approximate surface area is 135 Å². The molecule has 122 valence electrons. The normalized spacial score (nSPS) is 12.2.